The molecule has 0 amide bonds. The molecule has 2 aromatic rings. The largest absolute Gasteiger partial charge is 0.433 e. The van der Waals surface area contributed by atoms with Crippen molar-refractivity contribution in [2.75, 3.05) is 7.05 Å². The van der Waals surface area contributed by atoms with Crippen molar-refractivity contribution in [3.63, 3.8) is 0 Å². The van der Waals surface area contributed by atoms with E-state index in [1.807, 2.05) is 11.4 Å². The van der Waals surface area contributed by atoms with Crippen LogP contribution in [0.25, 0.3) is 5.76 Å². The van der Waals surface area contributed by atoms with Crippen LogP contribution in [0.15, 0.2) is 58.9 Å². The highest BCUT2D eigenvalue weighted by atomic mass is 35.5. The van der Waals surface area contributed by atoms with Gasteiger partial charge in [-0.15, -0.1) is 11.3 Å². The molecule has 0 saturated heterocycles. The summed E-state index contributed by atoms with van der Waals surface area (Å²) in [6.07, 6.45) is 0. The van der Waals surface area contributed by atoms with Crippen LogP contribution in [-0.4, -0.2) is 12.0 Å². The number of nitrogens with one attached hydrogen (secondary N) is 1. The van der Waals surface area contributed by atoms with E-state index in [2.05, 4.69) is 11.4 Å². The van der Waals surface area contributed by atoms with Crippen LogP contribution in [0.5, 0.6) is 0 Å². The van der Waals surface area contributed by atoms with E-state index >= 15 is 0 Å². The second-order valence-electron chi connectivity index (χ2n) is 5.11. The average molecular weight is 374 g/mol. The summed E-state index contributed by atoms with van der Waals surface area (Å²) >= 11 is 7.66. The Hall–Kier alpha value is -2.82. The minimum Gasteiger partial charge on any atom is -0.433 e. The van der Waals surface area contributed by atoms with E-state index in [-0.39, 0.29) is 17.2 Å². The summed E-state index contributed by atoms with van der Waals surface area (Å²) in [6.45, 7) is 0. The number of nitro groups is 1. The van der Waals surface area contributed by atoms with Gasteiger partial charge in [-0.25, -0.2) is 0 Å². The molecule has 1 aromatic heterocycles. The van der Waals surface area contributed by atoms with E-state index < -0.39 is 10.8 Å². The van der Waals surface area contributed by atoms with Gasteiger partial charge in [-0.1, -0.05) is 35.9 Å². The number of thiophene rings is 1. The fourth-order valence-corrected chi connectivity index (χ4v) is 3.66. The number of benzene rings is 1. The first-order valence-electron chi connectivity index (χ1n) is 7.25. The third kappa shape index (κ3) is 2.97. The molecule has 1 N–H and O–H groups in total. The van der Waals surface area contributed by atoms with Crippen LogP contribution < -0.4 is 5.32 Å². The summed E-state index contributed by atoms with van der Waals surface area (Å²) < 4.78 is 5.70. The zero-order valence-corrected chi connectivity index (χ0v) is 14.6. The molecule has 6 nitrogen and oxygen atoms in total. The molecule has 126 valence electrons. The first-order valence-corrected chi connectivity index (χ1v) is 8.51. The van der Waals surface area contributed by atoms with Crippen molar-refractivity contribution >= 4 is 28.7 Å². The summed E-state index contributed by atoms with van der Waals surface area (Å²) in [7, 11) is 1.53. The third-order valence-electron chi connectivity index (χ3n) is 3.75. The zero-order valence-electron chi connectivity index (χ0n) is 13.0. The number of nitrogens with zero attached hydrogens (tertiary/aromatic N) is 2. The topological polar surface area (TPSA) is 88.2 Å². The Kier molecular flexibility index (Phi) is 4.74. The predicted molar refractivity (Wildman–Crippen MR) is 95.2 cm³/mol. The lowest BCUT2D eigenvalue weighted by Crippen LogP contribution is -2.26. The standard InChI is InChI=1S/C17H12ClN3O3S/c1-20-17-15(21(22)23)14(10-5-2-3-6-12(10)18)11(9-19)16(24-17)13-7-4-8-25-13/h2-8,14,20H,1H3. The van der Waals surface area contributed by atoms with Crippen molar-refractivity contribution in [2.45, 2.75) is 5.92 Å². The highest BCUT2D eigenvalue weighted by molar-refractivity contribution is 7.11. The molecule has 0 fully saturated rings. The Morgan fingerprint density at radius 1 is 1.36 bits per heavy atom. The Labute approximate surface area is 152 Å². The molecule has 0 bridgehead atoms. The van der Waals surface area contributed by atoms with Crippen LogP contribution >= 0.6 is 22.9 Å². The number of allylic oxidation sites excluding steroid dienone is 1. The van der Waals surface area contributed by atoms with E-state index in [1.165, 1.54) is 18.4 Å². The number of ether oxygens (including phenoxy) is 1. The number of nitriles is 1. The maximum absolute atomic E-state index is 11.7. The molecule has 1 aliphatic rings. The molecular formula is C17H12ClN3O3S. The van der Waals surface area contributed by atoms with Crippen LogP contribution in [-0.2, 0) is 4.74 Å². The zero-order chi connectivity index (χ0) is 18.0. The molecule has 1 aliphatic heterocycles. The van der Waals surface area contributed by atoms with E-state index in [9.17, 15) is 15.4 Å². The summed E-state index contributed by atoms with van der Waals surface area (Å²) in [4.78, 5) is 11.9. The highest BCUT2D eigenvalue weighted by Crippen LogP contribution is 2.45. The molecule has 0 radical (unpaired) electrons. The van der Waals surface area contributed by atoms with Crippen molar-refractivity contribution in [3.05, 3.63) is 84.5 Å². The molecule has 0 saturated carbocycles. The molecule has 25 heavy (non-hydrogen) atoms. The van der Waals surface area contributed by atoms with Gasteiger partial charge in [-0.3, -0.25) is 10.1 Å². The third-order valence-corrected chi connectivity index (χ3v) is 4.96. The van der Waals surface area contributed by atoms with E-state index in [0.29, 0.717) is 21.2 Å². The number of hydrogen-bond donors (Lipinski definition) is 1. The maximum atomic E-state index is 11.7. The van der Waals surface area contributed by atoms with Crippen molar-refractivity contribution in [1.82, 2.24) is 5.32 Å². The number of halogens is 1. The van der Waals surface area contributed by atoms with Gasteiger partial charge in [0.05, 0.1) is 21.4 Å². The quantitative estimate of drug-likeness (QED) is 0.643. The van der Waals surface area contributed by atoms with E-state index in [4.69, 9.17) is 16.3 Å². The lowest BCUT2D eigenvalue weighted by Gasteiger charge is -2.25. The smallest absolute Gasteiger partial charge is 0.318 e. The highest BCUT2D eigenvalue weighted by Gasteiger charge is 2.42. The molecule has 1 unspecified atom stereocenters. The predicted octanol–water partition coefficient (Wildman–Crippen LogP) is 4.12. The molecule has 1 aromatic carbocycles. The van der Waals surface area contributed by atoms with Crippen molar-refractivity contribution in [3.8, 4) is 6.07 Å². The maximum Gasteiger partial charge on any atom is 0.318 e. The van der Waals surface area contributed by atoms with Gasteiger partial charge in [0.1, 0.15) is 5.92 Å². The van der Waals surface area contributed by atoms with Gasteiger partial charge >= 0.3 is 5.70 Å². The summed E-state index contributed by atoms with van der Waals surface area (Å²) in [5.74, 6) is -0.628. The van der Waals surface area contributed by atoms with Gasteiger partial charge in [-0.05, 0) is 23.1 Å². The molecule has 8 heteroatoms. The molecular weight excluding hydrogens is 362 g/mol. The first kappa shape index (κ1) is 17.0. The van der Waals surface area contributed by atoms with Crippen molar-refractivity contribution < 1.29 is 9.66 Å². The van der Waals surface area contributed by atoms with Crippen LogP contribution in [0.2, 0.25) is 5.02 Å². The minimum absolute atomic E-state index is 0.00248. The van der Waals surface area contributed by atoms with Gasteiger partial charge in [0.15, 0.2) is 5.76 Å². The molecule has 3 rings (SSSR count). The molecule has 0 spiro atoms. The lowest BCUT2D eigenvalue weighted by atomic mass is 9.86. The average Bonchev–Trinajstić information content (AvgIpc) is 3.14. The molecule has 2 heterocycles. The normalized spacial score (nSPS) is 17.1. The number of hydrogen-bond acceptors (Lipinski definition) is 6. The van der Waals surface area contributed by atoms with Crippen molar-refractivity contribution in [1.29, 1.82) is 5.26 Å². The summed E-state index contributed by atoms with van der Waals surface area (Å²) in [5, 5.41) is 26.4. The van der Waals surface area contributed by atoms with Crippen LogP contribution in [0.3, 0.4) is 0 Å². The van der Waals surface area contributed by atoms with Crippen LogP contribution in [0.1, 0.15) is 16.4 Å². The fraction of sp³-hybridized carbons (Fsp3) is 0.118. The van der Waals surface area contributed by atoms with Gasteiger partial charge in [-0.2, -0.15) is 5.26 Å². The molecule has 0 aliphatic carbocycles. The Balaban J connectivity index is 2.31. The van der Waals surface area contributed by atoms with E-state index in [1.54, 1.807) is 30.3 Å². The summed E-state index contributed by atoms with van der Waals surface area (Å²) in [5.41, 5.74) is 0.395. The Morgan fingerprint density at radius 2 is 2.12 bits per heavy atom. The Bertz CT molecular complexity index is 929. The first-order chi connectivity index (χ1) is 12.1. The lowest BCUT2D eigenvalue weighted by molar-refractivity contribution is -0.433. The van der Waals surface area contributed by atoms with E-state index in [0.717, 1.165) is 0 Å². The van der Waals surface area contributed by atoms with Crippen LogP contribution in [0, 0.1) is 21.4 Å². The SMILES string of the molecule is CNC1=C([N+](=O)[O-])C(c2ccccc2Cl)C(C#N)=C(c2cccs2)O1. The molecule has 1 atom stereocenters. The van der Waals surface area contributed by atoms with Gasteiger partial charge < -0.3 is 10.1 Å². The minimum atomic E-state index is -0.929. The second kappa shape index (κ2) is 6.97. The monoisotopic (exact) mass is 373 g/mol. The van der Waals surface area contributed by atoms with Gasteiger partial charge in [0.25, 0.3) is 5.88 Å². The van der Waals surface area contributed by atoms with Crippen molar-refractivity contribution in [2.24, 2.45) is 0 Å². The van der Waals surface area contributed by atoms with Gasteiger partial charge in [0, 0.05) is 12.1 Å². The number of rotatable bonds is 4. The van der Waals surface area contributed by atoms with Crippen LogP contribution in [0.4, 0.5) is 0 Å². The second-order valence-corrected chi connectivity index (χ2v) is 6.46. The van der Waals surface area contributed by atoms with Gasteiger partial charge in [0.2, 0.25) is 0 Å². The fourth-order valence-electron chi connectivity index (χ4n) is 2.69. The Morgan fingerprint density at radius 3 is 2.68 bits per heavy atom. The summed E-state index contributed by atoms with van der Waals surface area (Å²) in [6, 6.07) is 12.5.